The molecule has 0 aliphatic heterocycles. The predicted molar refractivity (Wildman–Crippen MR) is 149 cm³/mol. The Morgan fingerprint density at radius 2 is 2.08 bits per heavy atom. The second kappa shape index (κ2) is 11.1. The van der Waals surface area contributed by atoms with Crippen LogP contribution in [0, 0.1) is 17.2 Å². The molecule has 7 nitrogen and oxygen atoms in total. The van der Waals surface area contributed by atoms with E-state index in [2.05, 4.69) is 21.8 Å². The molecule has 5 rings (SSSR count). The van der Waals surface area contributed by atoms with Gasteiger partial charge in [-0.1, -0.05) is 18.2 Å². The second-order valence-electron chi connectivity index (χ2n) is 10.5. The van der Waals surface area contributed by atoms with Crippen LogP contribution in [0.3, 0.4) is 0 Å². The van der Waals surface area contributed by atoms with Crippen LogP contribution in [0.4, 0.5) is 0 Å². The maximum absolute atomic E-state index is 12.9. The molecule has 2 aliphatic rings. The Bertz CT molecular complexity index is 1460. The fourth-order valence-electron chi connectivity index (χ4n) is 5.56. The fourth-order valence-corrected chi connectivity index (χ4v) is 7.96. The highest BCUT2D eigenvalue weighted by Gasteiger charge is 2.30. The van der Waals surface area contributed by atoms with E-state index in [4.69, 9.17) is 4.74 Å². The van der Waals surface area contributed by atoms with E-state index in [1.807, 2.05) is 50.4 Å². The Morgan fingerprint density at radius 3 is 2.82 bits per heavy atom. The number of hydrogen-bond donors (Lipinski definition) is 2. The average Bonchev–Trinajstić information content (AvgIpc) is 3.63. The largest absolute Gasteiger partial charge is 0.490 e. The molecule has 2 N–H and O–H groups in total. The van der Waals surface area contributed by atoms with Crippen molar-refractivity contribution >= 4 is 21.4 Å². The van der Waals surface area contributed by atoms with E-state index in [1.54, 1.807) is 11.3 Å². The van der Waals surface area contributed by atoms with Gasteiger partial charge in [0.15, 0.2) is 0 Å². The summed E-state index contributed by atoms with van der Waals surface area (Å²) in [5, 5.41) is 20.1. The van der Waals surface area contributed by atoms with Gasteiger partial charge in [-0.15, -0.1) is 11.3 Å². The first-order valence-corrected chi connectivity index (χ1v) is 15.7. The first-order chi connectivity index (χ1) is 18.2. The maximum atomic E-state index is 12.9. The SMILES string of the molecule is CC(C)Oc1ccc(-c2ncc(-c3cccc4c3CC[C@@H]4NS(=O)(=O)CCC3CC[C@@H](O)C3)s2)cc1C#N. The Morgan fingerprint density at radius 1 is 1.24 bits per heavy atom. The van der Waals surface area contributed by atoms with E-state index >= 15 is 0 Å². The zero-order valence-electron chi connectivity index (χ0n) is 21.7. The summed E-state index contributed by atoms with van der Waals surface area (Å²) in [6, 6.07) is 13.6. The lowest BCUT2D eigenvalue weighted by Crippen LogP contribution is -2.30. The van der Waals surface area contributed by atoms with Crippen molar-refractivity contribution < 1.29 is 18.3 Å². The van der Waals surface area contributed by atoms with Gasteiger partial charge in [-0.25, -0.2) is 18.1 Å². The maximum Gasteiger partial charge on any atom is 0.212 e. The molecule has 200 valence electrons. The quantitative estimate of drug-likeness (QED) is 0.358. The number of aliphatic hydroxyl groups is 1. The van der Waals surface area contributed by atoms with Gasteiger partial charge in [-0.05, 0) is 93.2 Å². The molecule has 2 aromatic carbocycles. The minimum absolute atomic E-state index is 0.0192. The first kappa shape index (κ1) is 26.8. The summed E-state index contributed by atoms with van der Waals surface area (Å²) in [4.78, 5) is 5.65. The van der Waals surface area contributed by atoms with Crippen LogP contribution >= 0.6 is 11.3 Å². The standard InChI is InChI=1S/C29H33N3O4S2/c1-18(2)36-27-11-7-20(15-21(27)16-30)29-31-17-28(37-29)25-5-3-4-24-23(25)9-10-26(24)32-38(34,35)13-12-19-6-8-22(33)14-19/h3-5,7,11,15,17-19,22,26,32-33H,6,8-10,12-14H2,1-2H3/t19?,22-,26+/m1/s1. The van der Waals surface area contributed by atoms with Gasteiger partial charge in [0.25, 0.3) is 0 Å². The Balaban J connectivity index is 1.32. The molecule has 38 heavy (non-hydrogen) atoms. The molecule has 0 radical (unpaired) electrons. The number of ether oxygens (including phenoxy) is 1. The number of nitrogens with zero attached hydrogens (tertiary/aromatic N) is 2. The van der Waals surface area contributed by atoms with E-state index in [9.17, 15) is 18.8 Å². The van der Waals surface area contributed by atoms with E-state index in [1.165, 1.54) is 0 Å². The topological polar surface area (TPSA) is 112 Å². The number of benzene rings is 2. The molecule has 0 saturated heterocycles. The highest BCUT2D eigenvalue weighted by atomic mass is 32.2. The molecule has 2 aliphatic carbocycles. The van der Waals surface area contributed by atoms with Gasteiger partial charge in [0, 0.05) is 17.8 Å². The number of aromatic nitrogens is 1. The van der Waals surface area contributed by atoms with E-state index in [-0.39, 0.29) is 29.9 Å². The van der Waals surface area contributed by atoms with E-state index in [0.717, 1.165) is 57.8 Å². The number of hydrogen-bond acceptors (Lipinski definition) is 7. The Labute approximate surface area is 228 Å². The zero-order valence-corrected chi connectivity index (χ0v) is 23.3. The molecule has 0 amide bonds. The fraction of sp³-hybridized carbons (Fsp3) is 0.448. The zero-order chi connectivity index (χ0) is 26.9. The lowest BCUT2D eigenvalue weighted by molar-refractivity contribution is 0.177. The van der Waals surface area contributed by atoms with Crippen molar-refractivity contribution in [2.24, 2.45) is 5.92 Å². The third-order valence-electron chi connectivity index (χ3n) is 7.38. The number of nitriles is 1. The molecule has 0 spiro atoms. The lowest BCUT2D eigenvalue weighted by atomic mass is 10.0. The van der Waals surface area contributed by atoms with Gasteiger partial charge in [0.05, 0.1) is 28.4 Å². The van der Waals surface area contributed by atoms with Crippen LogP contribution in [0.2, 0.25) is 0 Å². The second-order valence-corrected chi connectivity index (χ2v) is 13.4. The molecule has 3 atom stereocenters. The third-order valence-corrected chi connectivity index (χ3v) is 9.88. The number of nitrogens with one attached hydrogen (secondary N) is 1. The summed E-state index contributed by atoms with van der Waals surface area (Å²) >= 11 is 1.56. The van der Waals surface area contributed by atoms with Crippen LogP contribution < -0.4 is 9.46 Å². The smallest absolute Gasteiger partial charge is 0.212 e. The summed E-state index contributed by atoms with van der Waals surface area (Å²) < 4.78 is 34.4. The van der Waals surface area contributed by atoms with Gasteiger partial charge in [0.2, 0.25) is 10.0 Å². The molecule has 1 aromatic heterocycles. The number of fused-ring (bicyclic) bond motifs is 1. The Kier molecular flexibility index (Phi) is 7.87. The molecule has 9 heteroatoms. The predicted octanol–water partition coefficient (Wildman–Crippen LogP) is 5.59. The number of aliphatic hydroxyl groups excluding tert-OH is 1. The Hall–Kier alpha value is -2.77. The lowest BCUT2D eigenvalue weighted by Gasteiger charge is -2.16. The normalized spacial score (nSPS) is 21.0. The van der Waals surface area contributed by atoms with Crippen molar-refractivity contribution in [2.75, 3.05) is 5.75 Å². The summed E-state index contributed by atoms with van der Waals surface area (Å²) in [5.41, 5.74) is 4.61. The van der Waals surface area contributed by atoms with Gasteiger partial charge >= 0.3 is 0 Å². The molecule has 1 unspecified atom stereocenters. The highest BCUT2D eigenvalue weighted by molar-refractivity contribution is 7.89. The van der Waals surface area contributed by atoms with E-state index in [0.29, 0.717) is 24.2 Å². The van der Waals surface area contributed by atoms with Crippen molar-refractivity contribution in [3.8, 4) is 32.8 Å². The van der Waals surface area contributed by atoms with Crippen LogP contribution in [-0.4, -0.2) is 36.5 Å². The molecule has 1 saturated carbocycles. The van der Waals surface area contributed by atoms with E-state index < -0.39 is 10.0 Å². The van der Waals surface area contributed by atoms with Crippen molar-refractivity contribution in [1.82, 2.24) is 9.71 Å². The van der Waals surface area contributed by atoms with Gasteiger partial charge in [-0.2, -0.15) is 5.26 Å². The number of sulfonamides is 1. The highest BCUT2D eigenvalue weighted by Crippen LogP contribution is 2.41. The van der Waals surface area contributed by atoms with Gasteiger partial charge in [0.1, 0.15) is 16.8 Å². The summed E-state index contributed by atoms with van der Waals surface area (Å²) in [5.74, 6) is 0.950. The van der Waals surface area contributed by atoms with Gasteiger partial charge in [-0.3, -0.25) is 0 Å². The minimum Gasteiger partial charge on any atom is -0.490 e. The molecule has 1 heterocycles. The minimum atomic E-state index is -3.42. The summed E-state index contributed by atoms with van der Waals surface area (Å²) in [7, 11) is -3.42. The van der Waals surface area contributed by atoms with Crippen LogP contribution in [0.15, 0.2) is 42.6 Å². The van der Waals surface area contributed by atoms with Crippen LogP contribution in [-0.2, 0) is 16.4 Å². The van der Waals surface area contributed by atoms with Crippen molar-refractivity contribution in [3.05, 3.63) is 59.3 Å². The molecular formula is C29H33N3O4S2. The number of thiazole rings is 1. The number of rotatable bonds is 9. The van der Waals surface area contributed by atoms with Crippen LogP contribution in [0.25, 0.3) is 21.0 Å². The molecule has 0 bridgehead atoms. The molecule has 3 aromatic rings. The third kappa shape index (κ3) is 5.94. The van der Waals surface area contributed by atoms with Crippen LogP contribution in [0.5, 0.6) is 5.75 Å². The first-order valence-electron chi connectivity index (χ1n) is 13.2. The molecule has 1 fully saturated rings. The van der Waals surface area contributed by atoms with Crippen molar-refractivity contribution in [2.45, 2.75) is 70.6 Å². The summed E-state index contributed by atoms with van der Waals surface area (Å²) in [6.45, 7) is 3.86. The van der Waals surface area contributed by atoms with Gasteiger partial charge < -0.3 is 9.84 Å². The monoisotopic (exact) mass is 551 g/mol. The van der Waals surface area contributed by atoms with Crippen molar-refractivity contribution in [3.63, 3.8) is 0 Å². The average molecular weight is 552 g/mol. The van der Waals surface area contributed by atoms with Crippen LogP contribution in [0.1, 0.15) is 68.7 Å². The summed E-state index contributed by atoms with van der Waals surface area (Å²) in [6.07, 6.45) is 6.04. The van der Waals surface area contributed by atoms with Crippen molar-refractivity contribution in [1.29, 1.82) is 5.26 Å². The molecular weight excluding hydrogens is 518 g/mol.